The minimum atomic E-state index is 1.20. The molecule has 0 saturated heterocycles. The van der Waals surface area contributed by atoms with Crippen LogP contribution in [0.5, 0.6) is 0 Å². The Morgan fingerprint density at radius 3 is 2.73 bits per heavy atom. The quantitative estimate of drug-likeness (QED) is 0.395. The Balaban J connectivity index is 2.25. The molecule has 0 fully saturated rings. The average molecular weight is 190 g/mol. The van der Waals surface area contributed by atoms with Crippen LogP contribution in [0.3, 0.4) is 0 Å². The fourth-order valence-corrected chi connectivity index (χ4v) is 2.50. The van der Waals surface area contributed by atoms with Gasteiger partial charge in [0.25, 0.3) is 0 Å². The molecule has 0 saturated carbocycles. The molecule has 15 heavy (non-hydrogen) atoms. The van der Waals surface area contributed by atoms with E-state index >= 15 is 0 Å². The third-order valence-electron chi connectivity index (χ3n) is 3.36. The summed E-state index contributed by atoms with van der Waals surface area (Å²) in [6.45, 7) is 0. The Hall–Kier alpha value is -1.82. The summed E-state index contributed by atoms with van der Waals surface area (Å²) in [6, 6.07) is 17.6. The SMILES string of the molecule is c1ccc2cc3c4c(ccc3c-2cc1)C4. The monoisotopic (exact) mass is 190 g/mol. The van der Waals surface area contributed by atoms with Crippen LogP contribution in [0.1, 0.15) is 11.1 Å². The molecule has 70 valence electrons. The number of benzene rings is 1. The van der Waals surface area contributed by atoms with Crippen LogP contribution < -0.4 is 0 Å². The van der Waals surface area contributed by atoms with E-state index in [1.165, 1.54) is 33.9 Å². The number of rotatable bonds is 0. The maximum absolute atomic E-state index is 2.33. The average Bonchev–Trinajstić information content (AvgIpc) is 3.00. The van der Waals surface area contributed by atoms with Gasteiger partial charge in [-0.25, -0.2) is 0 Å². The van der Waals surface area contributed by atoms with Crippen molar-refractivity contribution in [2.24, 2.45) is 0 Å². The van der Waals surface area contributed by atoms with Crippen molar-refractivity contribution >= 4 is 10.8 Å². The summed E-state index contributed by atoms with van der Waals surface area (Å²) >= 11 is 0. The molecular weight excluding hydrogens is 180 g/mol. The topological polar surface area (TPSA) is 0 Å². The Kier molecular flexibility index (Phi) is 1.20. The molecule has 3 aliphatic carbocycles. The van der Waals surface area contributed by atoms with Crippen molar-refractivity contribution in [3.8, 4) is 11.1 Å². The number of hydrogen-bond acceptors (Lipinski definition) is 0. The van der Waals surface area contributed by atoms with Crippen LogP contribution in [0.4, 0.5) is 0 Å². The van der Waals surface area contributed by atoms with Crippen molar-refractivity contribution in [3.63, 3.8) is 0 Å². The van der Waals surface area contributed by atoms with Gasteiger partial charge in [0, 0.05) is 0 Å². The van der Waals surface area contributed by atoms with Gasteiger partial charge in [0.2, 0.25) is 0 Å². The Labute approximate surface area is 88.5 Å². The summed E-state index contributed by atoms with van der Waals surface area (Å²) in [5, 5.41) is 2.88. The molecule has 0 nitrogen and oxygen atoms in total. The van der Waals surface area contributed by atoms with Gasteiger partial charge >= 0.3 is 0 Å². The van der Waals surface area contributed by atoms with Gasteiger partial charge in [0.1, 0.15) is 0 Å². The van der Waals surface area contributed by atoms with Crippen LogP contribution in [0.25, 0.3) is 21.9 Å². The second kappa shape index (κ2) is 2.40. The molecule has 0 radical (unpaired) electrons. The van der Waals surface area contributed by atoms with E-state index in [1.807, 2.05) is 0 Å². The largest absolute Gasteiger partial charge is 0.0622 e. The van der Waals surface area contributed by atoms with E-state index in [4.69, 9.17) is 0 Å². The highest BCUT2D eigenvalue weighted by Gasteiger charge is 2.22. The van der Waals surface area contributed by atoms with Crippen molar-refractivity contribution in [1.29, 1.82) is 0 Å². The van der Waals surface area contributed by atoms with Crippen LogP contribution in [-0.2, 0) is 6.42 Å². The maximum atomic E-state index is 2.33. The lowest BCUT2D eigenvalue weighted by molar-refractivity contribution is 1.62. The van der Waals surface area contributed by atoms with E-state index in [0.29, 0.717) is 0 Å². The molecule has 1 aromatic carbocycles. The van der Waals surface area contributed by atoms with Crippen molar-refractivity contribution in [2.45, 2.75) is 6.42 Å². The van der Waals surface area contributed by atoms with Crippen molar-refractivity contribution in [1.82, 2.24) is 0 Å². The van der Waals surface area contributed by atoms with Gasteiger partial charge in [-0.2, -0.15) is 0 Å². The highest BCUT2D eigenvalue weighted by molar-refractivity contribution is 6.05. The van der Waals surface area contributed by atoms with Crippen molar-refractivity contribution in [3.05, 3.63) is 59.7 Å². The molecular formula is C15H10. The van der Waals surface area contributed by atoms with Gasteiger partial charge < -0.3 is 0 Å². The molecule has 0 N–H and O–H groups in total. The Bertz CT molecular complexity index is 650. The summed E-state index contributed by atoms with van der Waals surface area (Å²) in [7, 11) is 0. The molecule has 4 rings (SSSR count). The van der Waals surface area contributed by atoms with Gasteiger partial charge in [-0.1, -0.05) is 42.5 Å². The van der Waals surface area contributed by atoms with Crippen LogP contribution in [0.2, 0.25) is 0 Å². The fraction of sp³-hybridized carbons (Fsp3) is 0.0667. The van der Waals surface area contributed by atoms with Gasteiger partial charge in [0.05, 0.1) is 0 Å². The second-order valence-electron chi connectivity index (χ2n) is 4.27. The first-order valence-electron chi connectivity index (χ1n) is 5.36. The predicted molar refractivity (Wildman–Crippen MR) is 63.4 cm³/mol. The molecule has 0 heterocycles. The van der Waals surface area contributed by atoms with E-state index in [0.717, 1.165) is 0 Å². The number of fused-ring (bicyclic) bond motifs is 5. The summed E-state index contributed by atoms with van der Waals surface area (Å²) in [4.78, 5) is 0. The maximum Gasteiger partial charge on any atom is -0.00137 e. The van der Waals surface area contributed by atoms with Crippen LogP contribution >= 0.6 is 0 Å². The predicted octanol–water partition coefficient (Wildman–Crippen LogP) is 3.85. The van der Waals surface area contributed by atoms with Gasteiger partial charge in [-0.05, 0) is 45.5 Å². The number of hydrogen-bond donors (Lipinski definition) is 0. The second-order valence-corrected chi connectivity index (χ2v) is 4.27. The zero-order valence-corrected chi connectivity index (χ0v) is 8.33. The summed E-state index contributed by atoms with van der Waals surface area (Å²) in [5.41, 5.74) is 5.83. The smallest absolute Gasteiger partial charge is 0.00137 e. The first-order valence-corrected chi connectivity index (χ1v) is 5.36. The Morgan fingerprint density at radius 1 is 0.800 bits per heavy atom. The summed E-state index contributed by atoms with van der Waals surface area (Å²) in [5.74, 6) is 0. The van der Waals surface area contributed by atoms with E-state index in [9.17, 15) is 0 Å². The van der Waals surface area contributed by atoms with E-state index < -0.39 is 0 Å². The van der Waals surface area contributed by atoms with Gasteiger partial charge in [-0.15, -0.1) is 0 Å². The summed E-state index contributed by atoms with van der Waals surface area (Å²) < 4.78 is 0. The highest BCUT2D eigenvalue weighted by atomic mass is 14.3. The van der Waals surface area contributed by atoms with Gasteiger partial charge in [0.15, 0.2) is 0 Å². The van der Waals surface area contributed by atoms with E-state index in [-0.39, 0.29) is 0 Å². The van der Waals surface area contributed by atoms with Crippen LogP contribution in [0, 0.1) is 0 Å². The molecule has 0 unspecified atom stereocenters. The Morgan fingerprint density at radius 2 is 1.73 bits per heavy atom. The lowest BCUT2D eigenvalue weighted by atomic mass is 10.1. The lowest BCUT2D eigenvalue weighted by Crippen LogP contribution is -1.65. The minimum Gasteiger partial charge on any atom is -0.0622 e. The highest BCUT2D eigenvalue weighted by Crippen LogP contribution is 2.42. The molecule has 0 aromatic heterocycles. The standard InChI is InChI=1S/C15H10/c1-2-4-10-9-15-13(12(10)5-3-1)7-6-11-8-14(11)15/h1-7,9H,8H2. The molecule has 0 atom stereocenters. The first-order chi connectivity index (χ1) is 7.43. The molecule has 0 spiro atoms. The van der Waals surface area contributed by atoms with Crippen molar-refractivity contribution < 1.29 is 0 Å². The van der Waals surface area contributed by atoms with Gasteiger partial charge in [-0.3, -0.25) is 0 Å². The zero-order chi connectivity index (χ0) is 9.83. The molecule has 0 bridgehead atoms. The van der Waals surface area contributed by atoms with Crippen LogP contribution in [0.15, 0.2) is 48.5 Å². The summed E-state index contributed by atoms with van der Waals surface area (Å²) in [6.07, 6.45) is 1.20. The molecule has 1 aromatic rings. The fourth-order valence-electron chi connectivity index (χ4n) is 2.50. The molecule has 0 heteroatoms. The minimum absolute atomic E-state index is 1.20. The van der Waals surface area contributed by atoms with Crippen LogP contribution in [-0.4, -0.2) is 0 Å². The third-order valence-corrected chi connectivity index (χ3v) is 3.36. The van der Waals surface area contributed by atoms with E-state index in [1.54, 1.807) is 5.56 Å². The lowest BCUT2D eigenvalue weighted by Gasteiger charge is -1.91. The van der Waals surface area contributed by atoms with Crippen molar-refractivity contribution in [2.75, 3.05) is 0 Å². The zero-order valence-electron chi connectivity index (χ0n) is 8.33. The van der Waals surface area contributed by atoms with E-state index in [2.05, 4.69) is 48.5 Å². The molecule has 0 aliphatic heterocycles. The molecule has 3 aliphatic rings. The first kappa shape index (κ1) is 7.47. The molecule has 0 amide bonds. The third kappa shape index (κ3) is 0.913. The normalized spacial score (nSPS) is 13.1.